The van der Waals surface area contributed by atoms with Crippen molar-refractivity contribution in [3.05, 3.63) is 40.1 Å². The molecule has 0 aliphatic rings. The Balaban J connectivity index is 2.59. The van der Waals surface area contributed by atoms with Crippen molar-refractivity contribution in [1.29, 1.82) is 0 Å². The third kappa shape index (κ3) is 1.35. The highest BCUT2D eigenvalue weighted by Gasteiger charge is 2.07. The molecule has 4 heteroatoms. The number of benzene rings is 1. The number of rotatable bonds is 2. The van der Waals surface area contributed by atoms with Crippen LogP contribution >= 0.6 is 0 Å². The van der Waals surface area contributed by atoms with Gasteiger partial charge in [-0.2, -0.15) is 0 Å². The lowest BCUT2D eigenvalue weighted by Gasteiger charge is -1.90. The molecule has 1 aromatic heterocycles. The topological polar surface area (TPSA) is 58.9 Å². The van der Waals surface area contributed by atoms with E-state index in [2.05, 4.69) is 4.98 Å². The van der Waals surface area contributed by atoms with E-state index in [1.807, 2.05) is 13.0 Å². The zero-order valence-corrected chi connectivity index (χ0v) is 7.78. The van der Waals surface area contributed by atoms with Gasteiger partial charge in [0, 0.05) is 23.2 Å². The molecule has 72 valence electrons. The van der Waals surface area contributed by atoms with E-state index in [1.54, 1.807) is 12.1 Å². The van der Waals surface area contributed by atoms with Gasteiger partial charge in [0.15, 0.2) is 0 Å². The molecule has 1 aromatic carbocycles. The van der Waals surface area contributed by atoms with Crippen molar-refractivity contribution in [3.8, 4) is 0 Å². The molecule has 14 heavy (non-hydrogen) atoms. The average Bonchev–Trinajstić information content (AvgIpc) is 2.58. The van der Waals surface area contributed by atoms with Crippen molar-refractivity contribution in [1.82, 2.24) is 4.98 Å². The molecule has 0 spiro atoms. The fourth-order valence-corrected chi connectivity index (χ4v) is 1.48. The van der Waals surface area contributed by atoms with Gasteiger partial charge in [-0.1, -0.05) is 6.92 Å². The molecule has 0 aliphatic heterocycles. The van der Waals surface area contributed by atoms with Crippen molar-refractivity contribution in [2.75, 3.05) is 0 Å². The molecule has 0 atom stereocenters. The number of aromatic nitrogens is 1. The number of nitro benzene ring substituents is 1. The van der Waals surface area contributed by atoms with Crippen molar-refractivity contribution < 1.29 is 4.92 Å². The van der Waals surface area contributed by atoms with Gasteiger partial charge in [0.05, 0.1) is 10.4 Å². The molecule has 1 N–H and O–H groups in total. The van der Waals surface area contributed by atoms with Crippen LogP contribution in [0.1, 0.15) is 12.6 Å². The van der Waals surface area contributed by atoms with Crippen LogP contribution in [0.25, 0.3) is 10.9 Å². The number of nitro groups is 1. The maximum atomic E-state index is 10.5. The number of hydrogen-bond donors (Lipinski definition) is 1. The molecule has 1 heterocycles. The summed E-state index contributed by atoms with van der Waals surface area (Å²) in [7, 11) is 0. The van der Waals surface area contributed by atoms with Gasteiger partial charge in [-0.3, -0.25) is 10.1 Å². The van der Waals surface area contributed by atoms with Crippen LogP contribution in [-0.2, 0) is 6.42 Å². The summed E-state index contributed by atoms with van der Waals surface area (Å²) >= 11 is 0. The summed E-state index contributed by atoms with van der Waals surface area (Å²) < 4.78 is 0. The van der Waals surface area contributed by atoms with Crippen molar-refractivity contribution in [2.24, 2.45) is 0 Å². The molecule has 4 nitrogen and oxygen atoms in total. The molecule has 0 radical (unpaired) electrons. The first kappa shape index (κ1) is 8.74. The van der Waals surface area contributed by atoms with Crippen LogP contribution in [0.15, 0.2) is 24.3 Å². The SMILES string of the molecule is CCc1cc2ccc([N+](=O)[O-])cc2[nH]1. The molecular formula is C10H10N2O2. The number of nitrogens with zero attached hydrogens (tertiary/aromatic N) is 1. The number of non-ortho nitro benzene ring substituents is 1. The highest BCUT2D eigenvalue weighted by Crippen LogP contribution is 2.21. The Morgan fingerprint density at radius 1 is 1.43 bits per heavy atom. The van der Waals surface area contributed by atoms with Gasteiger partial charge in [0.25, 0.3) is 5.69 Å². The highest BCUT2D eigenvalue weighted by molar-refractivity contribution is 5.82. The van der Waals surface area contributed by atoms with E-state index in [-0.39, 0.29) is 10.6 Å². The fourth-order valence-electron chi connectivity index (χ4n) is 1.48. The Morgan fingerprint density at radius 3 is 2.86 bits per heavy atom. The molecule has 2 rings (SSSR count). The van der Waals surface area contributed by atoms with E-state index >= 15 is 0 Å². The van der Waals surface area contributed by atoms with Crippen LogP contribution in [0.3, 0.4) is 0 Å². The number of hydrogen-bond acceptors (Lipinski definition) is 2. The molecule has 0 bridgehead atoms. The van der Waals surface area contributed by atoms with Gasteiger partial charge in [0.1, 0.15) is 0 Å². The lowest BCUT2D eigenvalue weighted by atomic mass is 10.2. The molecule has 2 aromatic rings. The summed E-state index contributed by atoms with van der Waals surface area (Å²) in [5.74, 6) is 0. The second kappa shape index (κ2) is 3.14. The summed E-state index contributed by atoms with van der Waals surface area (Å²) in [6.45, 7) is 2.04. The first-order chi connectivity index (χ1) is 6.70. The molecule has 0 saturated carbocycles. The van der Waals surface area contributed by atoms with E-state index in [1.165, 1.54) is 6.07 Å². The molecule has 0 aliphatic carbocycles. The zero-order valence-electron chi connectivity index (χ0n) is 7.78. The van der Waals surface area contributed by atoms with Crippen molar-refractivity contribution >= 4 is 16.6 Å². The van der Waals surface area contributed by atoms with Gasteiger partial charge in [-0.25, -0.2) is 0 Å². The number of fused-ring (bicyclic) bond motifs is 1. The number of aryl methyl sites for hydroxylation is 1. The first-order valence-electron chi connectivity index (χ1n) is 4.46. The highest BCUT2D eigenvalue weighted by atomic mass is 16.6. The lowest BCUT2D eigenvalue weighted by molar-refractivity contribution is -0.384. The fraction of sp³-hybridized carbons (Fsp3) is 0.200. The summed E-state index contributed by atoms with van der Waals surface area (Å²) in [5.41, 5.74) is 2.05. The van der Waals surface area contributed by atoms with Crippen LogP contribution in [0.2, 0.25) is 0 Å². The van der Waals surface area contributed by atoms with Crippen molar-refractivity contribution in [3.63, 3.8) is 0 Å². The van der Waals surface area contributed by atoms with E-state index in [9.17, 15) is 10.1 Å². The quantitative estimate of drug-likeness (QED) is 0.584. The molecule has 0 unspecified atom stereocenters. The van der Waals surface area contributed by atoms with Crippen LogP contribution in [0, 0.1) is 10.1 Å². The van der Waals surface area contributed by atoms with Gasteiger partial charge in [0.2, 0.25) is 0 Å². The van der Waals surface area contributed by atoms with Gasteiger partial charge < -0.3 is 4.98 Å². The molecular weight excluding hydrogens is 180 g/mol. The summed E-state index contributed by atoms with van der Waals surface area (Å²) in [5, 5.41) is 11.5. The monoisotopic (exact) mass is 190 g/mol. The molecule has 0 fully saturated rings. The van der Waals surface area contributed by atoms with Gasteiger partial charge >= 0.3 is 0 Å². The summed E-state index contributed by atoms with van der Waals surface area (Å²) in [4.78, 5) is 13.3. The third-order valence-electron chi connectivity index (χ3n) is 2.25. The Morgan fingerprint density at radius 2 is 2.21 bits per heavy atom. The Hall–Kier alpha value is -1.84. The Kier molecular flexibility index (Phi) is 1.96. The third-order valence-corrected chi connectivity index (χ3v) is 2.25. The smallest absolute Gasteiger partial charge is 0.271 e. The molecule has 0 amide bonds. The van der Waals surface area contributed by atoms with E-state index in [0.29, 0.717) is 0 Å². The van der Waals surface area contributed by atoms with Crippen LogP contribution in [-0.4, -0.2) is 9.91 Å². The maximum Gasteiger partial charge on any atom is 0.271 e. The summed E-state index contributed by atoms with van der Waals surface area (Å²) in [6, 6.07) is 6.87. The van der Waals surface area contributed by atoms with Crippen LogP contribution in [0.5, 0.6) is 0 Å². The first-order valence-corrected chi connectivity index (χ1v) is 4.46. The second-order valence-electron chi connectivity index (χ2n) is 3.18. The van der Waals surface area contributed by atoms with Crippen LogP contribution < -0.4 is 0 Å². The van der Waals surface area contributed by atoms with E-state index < -0.39 is 0 Å². The second-order valence-corrected chi connectivity index (χ2v) is 3.18. The minimum absolute atomic E-state index is 0.127. The normalized spacial score (nSPS) is 10.6. The predicted molar refractivity (Wildman–Crippen MR) is 54.3 cm³/mol. The summed E-state index contributed by atoms with van der Waals surface area (Å²) in [6.07, 6.45) is 0.905. The lowest BCUT2D eigenvalue weighted by Crippen LogP contribution is -1.86. The minimum atomic E-state index is -0.383. The van der Waals surface area contributed by atoms with Gasteiger partial charge in [-0.15, -0.1) is 0 Å². The number of aromatic amines is 1. The number of H-pyrrole nitrogens is 1. The molecule has 0 saturated heterocycles. The Bertz CT molecular complexity index is 488. The standard InChI is InChI=1S/C10H10N2O2/c1-2-8-5-7-3-4-9(12(13)14)6-10(7)11-8/h3-6,11H,2H2,1H3. The zero-order chi connectivity index (χ0) is 10.1. The minimum Gasteiger partial charge on any atom is -0.358 e. The predicted octanol–water partition coefficient (Wildman–Crippen LogP) is 2.64. The average molecular weight is 190 g/mol. The number of nitrogens with one attached hydrogen (secondary N) is 1. The largest absolute Gasteiger partial charge is 0.358 e. The van der Waals surface area contributed by atoms with Crippen LogP contribution in [0.4, 0.5) is 5.69 Å². The van der Waals surface area contributed by atoms with Gasteiger partial charge in [-0.05, 0) is 18.6 Å². The van der Waals surface area contributed by atoms with Crippen molar-refractivity contribution in [2.45, 2.75) is 13.3 Å². The Labute approximate surface area is 80.7 Å². The van der Waals surface area contributed by atoms with E-state index in [0.717, 1.165) is 23.0 Å². The van der Waals surface area contributed by atoms with E-state index in [4.69, 9.17) is 0 Å². The maximum absolute atomic E-state index is 10.5.